The second-order valence-corrected chi connectivity index (χ2v) is 3.85. The number of nitrogens with two attached hydrogens (primary N) is 3. The molecule has 6 nitrogen and oxygen atoms in total. The van der Waals surface area contributed by atoms with Crippen molar-refractivity contribution in [3.8, 4) is 0 Å². The minimum absolute atomic E-state index is 0.101. The molecule has 17 heavy (non-hydrogen) atoms. The van der Waals surface area contributed by atoms with Crippen LogP contribution in [-0.4, -0.2) is 24.9 Å². The molecule has 0 radical (unpaired) electrons. The summed E-state index contributed by atoms with van der Waals surface area (Å²) in [5.41, 5.74) is 18.1. The Kier molecular flexibility index (Phi) is 3.92. The first-order valence-electron chi connectivity index (χ1n) is 5.08. The van der Waals surface area contributed by atoms with Gasteiger partial charge >= 0.3 is 0 Å². The summed E-state index contributed by atoms with van der Waals surface area (Å²) in [4.78, 5) is 23.3. The Bertz CT molecular complexity index is 429. The number of hydrogen-bond acceptors (Lipinski definition) is 4. The largest absolute Gasteiger partial charge is 0.397 e. The second-order valence-electron chi connectivity index (χ2n) is 3.85. The topological polar surface area (TPSA) is 115 Å². The summed E-state index contributed by atoms with van der Waals surface area (Å²) < 4.78 is 0. The molecule has 0 spiro atoms. The Hall–Kier alpha value is -2.24. The first kappa shape index (κ1) is 12.8. The van der Waals surface area contributed by atoms with Crippen LogP contribution in [0.4, 0.5) is 11.4 Å². The Morgan fingerprint density at radius 3 is 2.12 bits per heavy atom. The smallest absolute Gasteiger partial charge is 0.236 e. The van der Waals surface area contributed by atoms with Gasteiger partial charge in [-0.3, -0.25) is 9.59 Å². The third-order valence-electron chi connectivity index (χ3n) is 2.22. The van der Waals surface area contributed by atoms with Gasteiger partial charge in [0.2, 0.25) is 11.8 Å². The molecule has 0 heterocycles. The van der Waals surface area contributed by atoms with E-state index in [1.54, 1.807) is 12.1 Å². The molecule has 0 aliphatic heterocycles. The van der Waals surface area contributed by atoms with E-state index in [-0.39, 0.29) is 13.1 Å². The van der Waals surface area contributed by atoms with E-state index in [1.165, 1.54) is 4.90 Å². The third-order valence-corrected chi connectivity index (χ3v) is 2.22. The molecule has 0 fully saturated rings. The van der Waals surface area contributed by atoms with E-state index in [0.29, 0.717) is 11.4 Å². The molecule has 6 heteroatoms. The average Bonchev–Trinajstić information content (AvgIpc) is 2.14. The van der Waals surface area contributed by atoms with Crippen molar-refractivity contribution >= 4 is 23.2 Å². The van der Waals surface area contributed by atoms with E-state index in [0.717, 1.165) is 5.56 Å². The number of carbonyl (C=O) groups is 2. The molecule has 0 unspecified atom stereocenters. The second kappa shape index (κ2) is 5.20. The fraction of sp³-hybridized carbons (Fsp3) is 0.273. The molecule has 0 aliphatic rings. The molecule has 6 N–H and O–H groups in total. The van der Waals surface area contributed by atoms with Crippen molar-refractivity contribution in [2.24, 2.45) is 11.5 Å². The summed E-state index contributed by atoms with van der Waals surface area (Å²) in [7, 11) is 0. The molecular weight excluding hydrogens is 220 g/mol. The molecule has 0 saturated carbocycles. The number of amides is 2. The van der Waals surface area contributed by atoms with Crippen LogP contribution in [0.25, 0.3) is 0 Å². The molecule has 0 saturated heterocycles. The SMILES string of the molecule is Cc1ccc(N(CC(N)=O)CC(N)=O)c(N)c1. The molecule has 0 aromatic heterocycles. The number of benzene rings is 1. The maximum atomic E-state index is 10.9. The summed E-state index contributed by atoms with van der Waals surface area (Å²) in [6, 6.07) is 5.32. The van der Waals surface area contributed by atoms with Crippen molar-refractivity contribution in [1.29, 1.82) is 0 Å². The lowest BCUT2D eigenvalue weighted by Gasteiger charge is -2.23. The minimum Gasteiger partial charge on any atom is -0.397 e. The van der Waals surface area contributed by atoms with Crippen LogP contribution < -0.4 is 22.1 Å². The van der Waals surface area contributed by atoms with Crippen molar-refractivity contribution in [2.75, 3.05) is 23.7 Å². The van der Waals surface area contributed by atoms with Crippen molar-refractivity contribution < 1.29 is 9.59 Å². The molecule has 0 bridgehead atoms. The zero-order valence-corrected chi connectivity index (χ0v) is 9.64. The van der Waals surface area contributed by atoms with Gasteiger partial charge < -0.3 is 22.1 Å². The number of rotatable bonds is 5. The molecule has 0 atom stereocenters. The number of primary amides is 2. The van der Waals surface area contributed by atoms with E-state index < -0.39 is 11.8 Å². The summed E-state index contributed by atoms with van der Waals surface area (Å²) in [6.07, 6.45) is 0. The number of aryl methyl sites for hydroxylation is 1. The lowest BCUT2D eigenvalue weighted by molar-refractivity contribution is -0.117. The van der Waals surface area contributed by atoms with Crippen LogP contribution >= 0.6 is 0 Å². The van der Waals surface area contributed by atoms with Gasteiger partial charge in [0.05, 0.1) is 24.5 Å². The maximum absolute atomic E-state index is 10.9. The highest BCUT2D eigenvalue weighted by atomic mass is 16.2. The molecular formula is C11H16N4O2. The zero-order chi connectivity index (χ0) is 13.0. The Morgan fingerprint density at radius 2 is 1.71 bits per heavy atom. The Labute approximate surface area is 99.4 Å². The van der Waals surface area contributed by atoms with Gasteiger partial charge in [-0.25, -0.2) is 0 Å². The summed E-state index contributed by atoms with van der Waals surface area (Å²) in [5.74, 6) is -1.10. The molecule has 1 aromatic carbocycles. The fourth-order valence-electron chi connectivity index (χ4n) is 1.56. The highest BCUT2D eigenvalue weighted by Crippen LogP contribution is 2.23. The third kappa shape index (κ3) is 3.67. The summed E-state index contributed by atoms with van der Waals surface area (Å²) in [6.45, 7) is 1.69. The highest BCUT2D eigenvalue weighted by Gasteiger charge is 2.14. The summed E-state index contributed by atoms with van der Waals surface area (Å²) in [5, 5.41) is 0. The van der Waals surface area contributed by atoms with E-state index >= 15 is 0 Å². The normalized spacial score (nSPS) is 9.94. The number of nitrogens with zero attached hydrogens (tertiary/aromatic N) is 1. The molecule has 2 amide bonds. The van der Waals surface area contributed by atoms with E-state index in [1.807, 2.05) is 13.0 Å². The van der Waals surface area contributed by atoms with E-state index in [9.17, 15) is 9.59 Å². The van der Waals surface area contributed by atoms with Crippen LogP contribution in [0.3, 0.4) is 0 Å². The van der Waals surface area contributed by atoms with Gasteiger partial charge in [-0.1, -0.05) is 6.07 Å². The first-order chi connectivity index (χ1) is 7.90. The minimum atomic E-state index is -0.550. The van der Waals surface area contributed by atoms with Crippen molar-refractivity contribution in [1.82, 2.24) is 0 Å². The predicted octanol–water partition coefficient (Wildman–Crippen LogP) is -0.646. The maximum Gasteiger partial charge on any atom is 0.236 e. The van der Waals surface area contributed by atoms with E-state index in [2.05, 4.69) is 0 Å². The monoisotopic (exact) mass is 236 g/mol. The lowest BCUT2D eigenvalue weighted by atomic mass is 10.1. The molecule has 1 rings (SSSR count). The number of anilines is 2. The molecule has 1 aromatic rings. The van der Waals surface area contributed by atoms with Crippen molar-refractivity contribution in [2.45, 2.75) is 6.92 Å². The van der Waals surface area contributed by atoms with E-state index in [4.69, 9.17) is 17.2 Å². The standard InChI is InChI=1S/C11H16N4O2/c1-7-2-3-9(8(12)4-7)15(5-10(13)16)6-11(14)17/h2-4H,5-6,12H2,1H3,(H2,13,16)(H2,14,17). The van der Waals surface area contributed by atoms with Crippen molar-refractivity contribution in [3.05, 3.63) is 23.8 Å². The predicted molar refractivity (Wildman–Crippen MR) is 66.2 cm³/mol. The van der Waals surface area contributed by atoms with Gasteiger partial charge in [-0.2, -0.15) is 0 Å². The van der Waals surface area contributed by atoms with Crippen LogP contribution in [0.5, 0.6) is 0 Å². The fourth-order valence-corrected chi connectivity index (χ4v) is 1.56. The van der Waals surface area contributed by atoms with Crippen LogP contribution in [0.15, 0.2) is 18.2 Å². The first-order valence-corrected chi connectivity index (χ1v) is 5.08. The quantitative estimate of drug-likeness (QED) is 0.589. The van der Waals surface area contributed by atoms with Gasteiger partial charge in [0, 0.05) is 0 Å². The van der Waals surface area contributed by atoms with Crippen LogP contribution in [0, 0.1) is 6.92 Å². The van der Waals surface area contributed by atoms with Gasteiger partial charge in [0.15, 0.2) is 0 Å². The number of nitrogen functional groups attached to an aromatic ring is 1. The number of hydrogen-bond donors (Lipinski definition) is 3. The van der Waals surface area contributed by atoms with Gasteiger partial charge in [-0.05, 0) is 24.6 Å². The van der Waals surface area contributed by atoms with Crippen LogP contribution in [-0.2, 0) is 9.59 Å². The Balaban J connectivity index is 3.02. The lowest BCUT2D eigenvalue weighted by Crippen LogP contribution is -2.40. The van der Waals surface area contributed by atoms with Crippen LogP contribution in [0.2, 0.25) is 0 Å². The summed E-state index contributed by atoms with van der Waals surface area (Å²) >= 11 is 0. The zero-order valence-electron chi connectivity index (χ0n) is 9.64. The van der Waals surface area contributed by atoms with Gasteiger partial charge in [0.1, 0.15) is 0 Å². The molecule has 0 aliphatic carbocycles. The van der Waals surface area contributed by atoms with Crippen LogP contribution in [0.1, 0.15) is 5.56 Å². The highest BCUT2D eigenvalue weighted by molar-refractivity contribution is 5.87. The molecule has 92 valence electrons. The Morgan fingerprint density at radius 1 is 1.18 bits per heavy atom. The van der Waals surface area contributed by atoms with Gasteiger partial charge in [0.25, 0.3) is 0 Å². The van der Waals surface area contributed by atoms with Crippen molar-refractivity contribution in [3.63, 3.8) is 0 Å². The average molecular weight is 236 g/mol. The van der Waals surface area contributed by atoms with Gasteiger partial charge in [-0.15, -0.1) is 0 Å². The number of carbonyl (C=O) groups excluding carboxylic acids is 2.